The molecule has 0 saturated heterocycles. The van der Waals surface area contributed by atoms with Crippen molar-refractivity contribution >= 4 is 12.2 Å². The van der Waals surface area contributed by atoms with Crippen molar-refractivity contribution in [1.29, 1.82) is 0 Å². The number of nitrogens with one attached hydrogen (secondary N) is 1. The summed E-state index contributed by atoms with van der Waals surface area (Å²) < 4.78 is 2.59. The van der Waals surface area contributed by atoms with Crippen LogP contribution in [0.25, 0.3) is 11.3 Å². The van der Waals surface area contributed by atoms with Crippen LogP contribution in [0.1, 0.15) is 24.7 Å². The Kier molecular flexibility index (Phi) is 3.38. The molecule has 2 aromatic rings. The molecule has 0 aromatic carbocycles. The number of hydrogen-bond acceptors (Lipinski definition) is 3. The van der Waals surface area contributed by atoms with E-state index in [9.17, 15) is 0 Å². The van der Waals surface area contributed by atoms with Crippen LogP contribution in [-0.2, 0) is 6.54 Å². The number of rotatable bonds is 3. The van der Waals surface area contributed by atoms with Gasteiger partial charge in [-0.2, -0.15) is 5.10 Å². The molecule has 0 fully saturated rings. The first-order valence-electron chi connectivity index (χ1n) is 5.72. The topological polar surface area (TPSA) is 46.5 Å². The van der Waals surface area contributed by atoms with Crippen LogP contribution in [0, 0.1) is 18.5 Å². The maximum Gasteiger partial charge on any atom is 0.130 e. The first kappa shape index (κ1) is 12.0. The highest BCUT2D eigenvalue weighted by molar-refractivity contribution is 7.71. The Bertz CT molecular complexity index is 582. The second kappa shape index (κ2) is 4.79. The lowest BCUT2D eigenvalue weighted by atomic mass is 10.2. The van der Waals surface area contributed by atoms with E-state index in [1.807, 2.05) is 30.9 Å². The average Bonchev–Trinajstić information content (AvgIpc) is 2.72. The monoisotopic (exact) mass is 248 g/mol. The molecule has 2 heterocycles. The summed E-state index contributed by atoms with van der Waals surface area (Å²) in [4.78, 5) is 7.69. The minimum Gasteiger partial charge on any atom is -0.347 e. The average molecular weight is 248 g/mol. The maximum absolute atomic E-state index is 5.30. The van der Waals surface area contributed by atoms with Crippen molar-refractivity contribution in [2.45, 2.75) is 33.7 Å². The lowest BCUT2D eigenvalue weighted by Gasteiger charge is -2.03. The predicted octanol–water partition coefficient (Wildman–Crippen LogP) is 3.03. The molecule has 0 aliphatic carbocycles. The summed E-state index contributed by atoms with van der Waals surface area (Å²) in [6.07, 6.45) is 4.87. The van der Waals surface area contributed by atoms with Crippen LogP contribution >= 0.6 is 12.2 Å². The quantitative estimate of drug-likeness (QED) is 0.849. The lowest BCUT2D eigenvalue weighted by Crippen LogP contribution is -1.97. The van der Waals surface area contributed by atoms with Gasteiger partial charge in [0.15, 0.2) is 0 Å². The molecule has 17 heavy (non-hydrogen) atoms. The molecule has 0 spiro atoms. The molecular formula is C12H16N4S. The van der Waals surface area contributed by atoms with Gasteiger partial charge in [-0.15, -0.1) is 0 Å². The summed E-state index contributed by atoms with van der Waals surface area (Å²) in [5, 5.41) is 4.29. The Morgan fingerprint density at radius 3 is 2.88 bits per heavy atom. The first-order valence-corrected chi connectivity index (χ1v) is 6.13. The number of aromatic amines is 1. The van der Waals surface area contributed by atoms with Crippen LogP contribution in [0.2, 0.25) is 0 Å². The fraction of sp³-hybridized carbons (Fsp3) is 0.417. The van der Waals surface area contributed by atoms with Gasteiger partial charge in [0.05, 0.1) is 11.9 Å². The van der Waals surface area contributed by atoms with Gasteiger partial charge in [-0.3, -0.25) is 4.68 Å². The van der Waals surface area contributed by atoms with Crippen LogP contribution in [0.15, 0.2) is 12.4 Å². The molecule has 0 radical (unpaired) electrons. The zero-order valence-electron chi connectivity index (χ0n) is 10.3. The fourth-order valence-corrected chi connectivity index (χ4v) is 1.97. The van der Waals surface area contributed by atoms with E-state index >= 15 is 0 Å². The van der Waals surface area contributed by atoms with Gasteiger partial charge in [-0.05, 0) is 20.3 Å². The molecule has 2 aromatic heterocycles. The van der Waals surface area contributed by atoms with Crippen molar-refractivity contribution in [3.05, 3.63) is 28.4 Å². The Morgan fingerprint density at radius 2 is 2.18 bits per heavy atom. The van der Waals surface area contributed by atoms with Gasteiger partial charge in [0.2, 0.25) is 0 Å². The number of aryl methyl sites for hydroxylation is 3. The smallest absolute Gasteiger partial charge is 0.130 e. The van der Waals surface area contributed by atoms with Crippen molar-refractivity contribution in [2.75, 3.05) is 0 Å². The zero-order chi connectivity index (χ0) is 12.4. The molecule has 1 N–H and O–H groups in total. The van der Waals surface area contributed by atoms with E-state index in [1.165, 1.54) is 0 Å². The lowest BCUT2D eigenvalue weighted by molar-refractivity contribution is 0.603. The van der Waals surface area contributed by atoms with Gasteiger partial charge < -0.3 is 4.98 Å². The molecule has 0 unspecified atom stereocenters. The van der Waals surface area contributed by atoms with Crippen molar-refractivity contribution in [1.82, 2.24) is 19.7 Å². The fourth-order valence-electron chi connectivity index (χ4n) is 1.66. The molecule has 0 amide bonds. The summed E-state index contributed by atoms with van der Waals surface area (Å²) in [6, 6.07) is 0. The third-order valence-corrected chi connectivity index (χ3v) is 2.99. The van der Waals surface area contributed by atoms with Crippen LogP contribution in [-0.4, -0.2) is 19.7 Å². The molecule has 0 aliphatic heterocycles. The number of aromatic nitrogens is 4. The number of H-pyrrole nitrogens is 1. The van der Waals surface area contributed by atoms with E-state index in [-0.39, 0.29) is 0 Å². The van der Waals surface area contributed by atoms with Crippen molar-refractivity contribution in [2.24, 2.45) is 0 Å². The van der Waals surface area contributed by atoms with Crippen LogP contribution in [0.3, 0.4) is 0 Å². The highest BCUT2D eigenvalue weighted by atomic mass is 32.1. The van der Waals surface area contributed by atoms with E-state index in [0.717, 1.165) is 35.6 Å². The zero-order valence-corrected chi connectivity index (χ0v) is 11.1. The van der Waals surface area contributed by atoms with Gasteiger partial charge >= 0.3 is 0 Å². The summed E-state index contributed by atoms with van der Waals surface area (Å²) in [7, 11) is 0. The third kappa shape index (κ3) is 2.44. The minimum absolute atomic E-state index is 0.671. The van der Waals surface area contributed by atoms with Gasteiger partial charge in [0.25, 0.3) is 0 Å². The summed E-state index contributed by atoms with van der Waals surface area (Å²) in [5.74, 6) is 0. The maximum atomic E-state index is 5.30. The SMILES string of the molecule is CCCn1cc(-c2nc(C)c(C)[nH]c2=S)cn1. The van der Waals surface area contributed by atoms with E-state index in [4.69, 9.17) is 12.2 Å². The van der Waals surface area contributed by atoms with Crippen molar-refractivity contribution in [3.8, 4) is 11.3 Å². The molecular weight excluding hydrogens is 232 g/mol. The molecule has 2 rings (SSSR count). The Morgan fingerprint density at radius 1 is 1.41 bits per heavy atom. The molecule has 0 saturated carbocycles. The van der Waals surface area contributed by atoms with Gasteiger partial charge in [-0.1, -0.05) is 19.1 Å². The largest absolute Gasteiger partial charge is 0.347 e. The molecule has 0 aliphatic rings. The van der Waals surface area contributed by atoms with Crippen molar-refractivity contribution in [3.63, 3.8) is 0 Å². The number of hydrogen-bond donors (Lipinski definition) is 1. The van der Waals surface area contributed by atoms with Gasteiger partial charge in [0.1, 0.15) is 10.3 Å². The number of nitrogens with zero attached hydrogens (tertiary/aromatic N) is 3. The predicted molar refractivity (Wildman–Crippen MR) is 70.4 cm³/mol. The Hall–Kier alpha value is -1.49. The molecule has 0 bridgehead atoms. The first-order chi connectivity index (χ1) is 8.11. The standard InChI is InChI=1S/C12H16N4S/c1-4-5-16-7-10(6-13-16)11-12(17)15-9(3)8(2)14-11/h6-7H,4-5H2,1-3H3,(H,15,17). The summed E-state index contributed by atoms with van der Waals surface area (Å²) in [6.45, 7) is 6.99. The second-order valence-electron chi connectivity index (χ2n) is 4.12. The molecule has 4 nitrogen and oxygen atoms in total. The Balaban J connectivity index is 2.45. The Labute approximate surface area is 106 Å². The van der Waals surface area contributed by atoms with Crippen molar-refractivity contribution < 1.29 is 0 Å². The second-order valence-corrected chi connectivity index (χ2v) is 4.53. The van der Waals surface area contributed by atoms with E-state index in [2.05, 4.69) is 22.0 Å². The van der Waals surface area contributed by atoms with E-state index in [1.54, 1.807) is 0 Å². The highest BCUT2D eigenvalue weighted by Crippen LogP contribution is 2.18. The molecule has 0 atom stereocenters. The van der Waals surface area contributed by atoms with E-state index < -0.39 is 0 Å². The third-order valence-electron chi connectivity index (χ3n) is 2.70. The van der Waals surface area contributed by atoms with Gasteiger partial charge in [-0.25, -0.2) is 4.98 Å². The van der Waals surface area contributed by atoms with Crippen LogP contribution < -0.4 is 0 Å². The van der Waals surface area contributed by atoms with Crippen LogP contribution in [0.5, 0.6) is 0 Å². The van der Waals surface area contributed by atoms with Gasteiger partial charge in [0, 0.05) is 24.0 Å². The summed E-state index contributed by atoms with van der Waals surface area (Å²) >= 11 is 5.30. The van der Waals surface area contributed by atoms with Crippen LogP contribution in [0.4, 0.5) is 0 Å². The highest BCUT2D eigenvalue weighted by Gasteiger charge is 2.07. The molecule has 5 heteroatoms. The molecule has 90 valence electrons. The van der Waals surface area contributed by atoms with E-state index in [0.29, 0.717) is 4.64 Å². The minimum atomic E-state index is 0.671. The normalized spacial score (nSPS) is 10.8. The summed E-state index contributed by atoms with van der Waals surface area (Å²) in [5.41, 5.74) is 3.77.